The van der Waals surface area contributed by atoms with E-state index in [0.29, 0.717) is 33.4 Å². The first-order valence-corrected chi connectivity index (χ1v) is 12.4. The molecule has 0 aromatic heterocycles. The Morgan fingerprint density at radius 2 is 1.71 bits per heavy atom. The highest BCUT2D eigenvalue weighted by Crippen LogP contribution is 2.35. The summed E-state index contributed by atoms with van der Waals surface area (Å²) in [4.78, 5) is 40.0. The van der Waals surface area contributed by atoms with Crippen molar-refractivity contribution in [2.75, 3.05) is 23.4 Å². The van der Waals surface area contributed by atoms with E-state index in [0.717, 1.165) is 5.56 Å². The number of nitrogens with one attached hydrogen (secondary N) is 1. The topological polar surface area (TPSA) is 84.9 Å². The summed E-state index contributed by atoms with van der Waals surface area (Å²) in [6.45, 7) is 5.42. The van der Waals surface area contributed by atoms with Crippen LogP contribution in [0, 0.1) is 6.92 Å². The summed E-state index contributed by atoms with van der Waals surface area (Å²) < 4.78 is 10.8. The number of allylic oxidation sites excluding steroid dienone is 1. The van der Waals surface area contributed by atoms with E-state index >= 15 is 0 Å². The van der Waals surface area contributed by atoms with Crippen LogP contribution in [-0.4, -0.2) is 31.0 Å². The van der Waals surface area contributed by atoms with Gasteiger partial charge in [0.05, 0.1) is 17.8 Å². The zero-order valence-corrected chi connectivity index (χ0v) is 22.0. The summed E-state index contributed by atoms with van der Waals surface area (Å²) in [5.74, 6) is -0.715. The molecule has 4 rings (SSSR count). The third kappa shape index (κ3) is 6.12. The van der Waals surface area contributed by atoms with Crippen LogP contribution in [0.25, 0.3) is 6.08 Å². The monoisotopic (exact) mass is 530 g/mol. The van der Waals surface area contributed by atoms with Gasteiger partial charge in [-0.25, -0.2) is 4.79 Å². The number of benzene rings is 3. The first-order valence-electron chi connectivity index (χ1n) is 12.1. The number of aryl methyl sites for hydroxylation is 1. The molecule has 2 amide bonds. The molecule has 1 heterocycles. The molecule has 1 aliphatic rings. The number of hydrogen-bond donors (Lipinski definition) is 1. The van der Waals surface area contributed by atoms with E-state index < -0.39 is 5.97 Å². The number of halogens is 1. The first-order chi connectivity index (χ1) is 18.3. The van der Waals surface area contributed by atoms with Crippen molar-refractivity contribution in [3.8, 4) is 5.75 Å². The van der Waals surface area contributed by atoms with Crippen molar-refractivity contribution in [2.45, 2.75) is 20.8 Å². The van der Waals surface area contributed by atoms with E-state index in [1.807, 2.05) is 31.2 Å². The molecule has 0 atom stereocenters. The number of carbonyl (C=O) groups is 3. The molecule has 1 aliphatic heterocycles. The largest absolute Gasteiger partial charge is 0.484 e. The Labute approximate surface area is 226 Å². The van der Waals surface area contributed by atoms with Gasteiger partial charge in [-0.1, -0.05) is 47.5 Å². The standard InChI is InChI=1S/C30H27ClN2O5/c1-4-37-30(36)28-20(3)33(24-12-8-19(2)9-13-24)29(35)26(28)16-21-10-14-25(15-11-21)38-18-27(34)32-23-7-5-6-22(31)17-23/h5-17H,4,18H2,1-3H3,(H,32,34)/b26-16-. The molecule has 0 saturated heterocycles. The van der Waals surface area contributed by atoms with Crippen molar-refractivity contribution < 1.29 is 23.9 Å². The third-order valence-corrected chi connectivity index (χ3v) is 6.08. The van der Waals surface area contributed by atoms with Crippen LogP contribution in [0.3, 0.4) is 0 Å². The van der Waals surface area contributed by atoms with Gasteiger partial charge in [-0.3, -0.25) is 14.5 Å². The van der Waals surface area contributed by atoms with E-state index in [2.05, 4.69) is 5.32 Å². The summed E-state index contributed by atoms with van der Waals surface area (Å²) in [6.07, 6.45) is 1.65. The SMILES string of the molecule is CCOC(=O)C1=C(C)N(c2ccc(C)cc2)C(=O)/C1=C\c1ccc(OCC(=O)Nc2cccc(Cl)c2)cc1. The van der Waals surface area contributed by atoms with Gasteiger partial charge < -0.3 is 14.8 Å². The number of nitrogens with zero attached hydrogens (tertiary/aromatic N) is 1. The maximum atomic E-state index is 13.5. The number of anilines is 2. The number of esters is 1. The molecule has 0 spiro atoms. The quantitative estimate of drug-likeness (QED) is 0.288. The van der Waals surface area contributed by atoms with Crippen molar-refractivity contribution in [3.05, 3.63) is 106 Å². The minimum Gasteiger partial charge on any atom is -0.484 e. The predicted octanol–water partition coefficient (Wildman–Crippen LogP) is 5.93. The minimum absolute atomic E-state index is 0.189. The van der Waals surface area contributed by atoms with Crippen LogP contribution in [0.5, 0.6) is 5.75 Å². The van der Waals surface area contributed by atoms with Gasteiger partial charge in [0.1, 0.15) is 5.75 Å². The molecule has 0 radical (unpaired) electrons. The maximum absolute atomic E-state index is 13.5. The second-order valence-electron chi connectivity index (χ2n) is 8.63. The van der Waals surface area contributed by atoms with Gasteiger partial charge in [-0.05, 0) is 74.9 Å². The molecule has 1 N–H and O–H groups in total. The average molecular weight is 531 g/mol. The molecule has 0 fully saturated rings. The van der Waals surface area contributed by atoms with Crippen LogP contribution in [0.1, 0.15) is 25.0 Å². The van der Waals surface area contributed by atoms with E-state index in [1.165, 1.54) is 4.90 Å². The zero-order valence-electron chi connectivity index (χ0n) is 21.3. The fraction of sp³-hybridized carbons (Fsp3) is 0.167. The Kier molecular flexibility index (Phi) is 8.28. The van der Waals surface area contributed by atoms with Gasteiger partial charge in [0.15, 0.2) is 6.61 Å². The van der Waals surface area contributed by atoms with E-state index in [4.69, 9.17) is 21.1 Å². The van der Waals surface area contributed by atoms with Gasteiger partial charge in [-0.2, -0.15) is 0 Å². The first kappa shape index (κ1) is 26.7. The predicted molar refractivity (Wildman–Crippen MR) is 148 cm³/mol. The average Bonchev–Trinajstić information content (AvgIpc) is 3.13. The van der Waals surface area contributed by atoms with Crippen molar-refractivity contribution >= 4 is 46.8 Å². The highest BCUT2D eigenvalue weighted by Gasteiger charge is 2.38. The Balaban J connectivity index is 1.51. The lowest BCUT2D eigenvalue weighted by molar-refractivity contribution is -0.138. The van der Waals surface area contributed by atoms with Crippen molar-refractivity contribution in [1.82, 2.24) is 0 Å². The third-order valence-electron chi connectivity index (χ3n) is 5.84. The molecule has 0 aliphatic carbocycles. The smallest absolute Gasteiger partial charge is 0.340 e. The lowest BCUT2D eigenvalue weighted by atomic mass is 10.0. The van der Waals surface area contributed by atoms with Gasteiger partial charge in [0, 0.05) is 22.1 Å². The molecule has 8 heteroatoms. The molecule has 0 unspecified atom stereocenters. The number of hydrogen-bond acceptors (Lipinski definition) is 5. The van der Waals surface area contributed by atoms with E-state index in [-0.39, 0.29) is 36.2 Å². The lowest BCUT2D eigenvalue weighted by Gasteiger charge is -2.18. The summed E-state index contributed by atoms with van der Waals surface area (Å²) >= 11 is 5.94. The van der Waals surface area contributed by atoms with Crippen LogP contribution in [0.2, 0.25) is 5.02 Å². The van der Waals surface area contributed by atoms with Crippen molar-refractivity contribution in [2.24, 2.45) is 0 Å². The second-order valence-corrected chi connectivity index (χ2v) is 9.07. The van der Waals surface area contributed by atoms with Crippen LogP contribution >= 0.6 is 11.6 Å². The number of ether oxygens (including phenoxy) is 2. The number of rotatable bonds is 8. The molecule has 194 valence electrons. The maximum Gasteiger partial charge on any atom is 0.340 e. The Bertz CT molecular complexity index is 1430. The Hall–Kier alpha value is -4.36. The van der Waals surface area contributed by atoms with E-state index in [1.54, 1.807) is 68.5 Å². The van der Waals surface area contributed by atoms with Crippen LogP contribution in [0.15, 0.2) is 89.6 Å². The van der Waals surface area contributed by atoms with Gasteiger partial charge in [0.25, 0.3) is 11.8 Å². The number of amides is 2. The molecule has 7 nitrogen and oxygen atoms in total. The molecule has 3 aromatic rings. The molecule has 38 heavy (non-hydrogen) atoms. The highest BCUT2D eigenvalue weighted by molar-refractivity contribution is 6.31. The molecule has 3 aromatic carbocycles. The lowest BCUT2D eigenvalue weighted by Crippen LogP contribution is -2.24. The van der Waals surface area contributed by atoms with Crippen LogP contribution in [0.4, 0.5) is 11.4 Å². The molecular weight excluding hydrogens is 504 g/mol. The van der Waals surface area contributed by atoms with Crippen LogP contribution < -0.4 is 15.0 Å². The van der Waals surface area contributed by atoms with Gasteiger partial charge in [-0.15, -0.1) is 0 Å². The highest BCUT2D eigenvalue weighted by atomic mass is 35.5. The molecule has 0 bridgehead atoms. The fourth-order valence-electron chi connectivity index (χ4n) is 4.03. The fourth-order valence-corrected chi connectivity index (χ4v) is 4.22. The summed E-state index contributed by atoms with van der Waals surface area (Å²) in [5.41, 5.74) is 3.98. The van der Waals surface area contributed by atoms with Crippen molar-refractivity contribution in [3.63, 3.8) is 0 Å². The molecule has 0 saturated carbocycles. The minimum atomic E-state index is -0.551. The molecular formula is C30H27ClN2O5. The summed E-state index contributed by atoms with van der Waals surface area (Å²) in [7, 11) is 0. The normalized spacial score (nSPS) is 14.2. The summed E-state index contributed by atoms with van der Waals surface area (Å²) in [6, 6.07) is 21.2. The van der Waals surface area contributed by atoms with Crippen LogP contribution in [-0.2, 0) is 19.1 Å². The second kappa shape index (κ2) is 11.8. The van der Waals surface area contributed by atoms with Gasteiger partial charge >= 0.3 is 5.97 Å². The Morgan fingerprint density at radius 3 is 2.37 bits per heavy atom. The van der Waals surface area contributed by atoms with Gasteiger partial charge in [0.2, 0.25) is 0 Å². The zero-order chi connectivity index (χ0) is 27.2. The Morgan fingerprint density at radius 1 is 1.00 bits per heavy atom. The number of carbonyl (C=O) groups excluding carboxylic acids is 3. The van der Waals surface area contributed by atoms with Crippen molar-refractivity contribution in [1.29, 1.82) is 0 Å². The van der Waals surface area contributed by atoms with E-state index in [9.17, 15) is 14.4 Å². The summed E-state index contributed by atoms with van der Waals surface area (Å²) in [5, 5.41) is 3.24.